The van der Waals surface area contributed by atoms with E-state index in [9.17, 15) is 9.59 Å². The minimum atomic E-state index is -0.405. The summed E-state index contributed by atoms with van der Waals surface area (Å²) in [5.41, 5.74) is 0. The molecule has 0 aliphatic rings. The molecule has 0 bridgehead atoms. The summed E-state index contributed by atoms with van der Waals surface area (Å²) in [5, 5.41) is 10.5. The molecule has 7 nitrogen and oxygen atoms in total. The van der Waals surface area contributed by atoms with Gasteiger partial charge < -0.3 is 14.5 Å². The van der Waals surface area contributed by atoms with Crippen LogP contribution in [-0.2, 0) is 9.53 Å². The normalized spacial score (nSPS) is 11.7. The van der Waals surface area contributed by atoms with E-state index in [0.29, 0.717) is 10.8 Å². The number of nitrogens with one attached hydrogen (secondary N) is 1. The Morgan fingerprint density at radius 2 is 2.14 bits per heavy atom. The molecule has 1 amide bonds. The van der Waals surface area contributed by atoms with Gasteiger partial charge in [-0.2, -0.15) is 0 Å². The number of esters is 1. The Labute approximate surface area is 125 Å². The lowest BCUT2D eigenvalue weighted by atomic mass is 10.4. The van der Waals surface area contributed by atoms with Crippen molar-refractivity contribution < 1.29 is 18.7 Å². The van der Waals surface area contributed by atoms with E-state index < -0.39 is 5.91 Å². The Bertz CT molecular complexity index is 613. The molecule has 2 heterocycles. The summed E-state index contributed by atoms with van der Waals surface area (Å²) in [6.45, 7) is 1.71. The van der Waals surface area contributed by atoms with E-state index >= 15 is 0 Å². The molecule has 0 aliphatic heterocycles. The maximum absolute atomic E-state index is 11.7. The van der Waals surface area contributed by atoms with Crippen molar-refractivity contribution in [3.63, 3.8) is 0 Å². The van der Waals surface area contributed by atoms with Gasteiger partial charge in [0.05, 0.1) is 13.4 Å². The minimum absolute atomic E-state index is 0.189. The first-order valence-corrected chi connectivity index (χ1v) is 6.91. The van der Waals surface area contributed by atoms with Gasteiger partial charge in [-0.25, -0.2) is 0 Å². The molecule has 2 aromatic heterocycles. The molecular weight excluding hydrogens is 294 g/mol. The number of aromatic nitrogens is 2. The number of hydrogen-bond acceptors (Lipinski definition) is 7. The second kappa shape index (κ2) is 6.89. The van der Waals surface area contributed by atoms with Crippen LogP contribution in [0.1, 0.15) is 17.5 Å². The molecule has 1 atom stereocenters. The van der Waals surface area contributed by atoms with Gasteiger partial charge in [0.15, 0.2) is 11.6 Å². The first kappa shape index (κ1) is 15.0. The number of nitrogens with zero attached hydrogens (tertiary/aromatic N) is 2. The largest absolute Gasteiger partial charge is 0.468 e. The van der Waals surface area contributed by atoms with Crippen LogP contribution in [0.4, 0.5) is 5.82 Å². The van der Waals surface area contributed by atoms with Crippen LogP contribution >= 0.6 is 11.8 Å². The first-order chi connectivity index (χ1) is 10.1. The Kier molecular flexibility index (Phi) is 4.94. The number of thioether (sulfide) groups is 1. The van der Waals surface area contributed by atoms with E-state index in [0.717, 1.165) is 0 Å². The van der Waals surface area contributed by atoms with Crippen molar-refractivity contribution in [2.75, 3.05) is 12.4 Å². The van der Waals surface area contributed by atoms with Crippen molar-refractivity contribution in [2.24, 2.45) is 0 Å². The quantitative estimate of drug-likeness (QED) is 0.666. The van der Waals surface area contributed by atoms with Gasteiger partial charge in [0.25, 0.3) is 5.91 Å². The van der Waals surface area contributed by atoms with Crippen LogP contribution in [0.15, 0.2) is 40.0 Å². The van der Waals surface area contributed by atoms with Gasteiger partial charge >= 0.3 is 5.97 Å². The molecule has 110 valence electrons. The second-order valence-electron chi connectivity index (χ2n) is 3.97. The lowest BCUT2D eigenvalue weighted by Crippen LogP contribution is -2.15. The molecule has 0 fully saturated rings. The number of ether oxygens (including phenoxy) is 1. The number of carbonyl (C=O) groups excluding carboxylic acids is 2. The molecule has 21 heavy (non-hydrogen) atoms. The number of carbonyl (C=O) groups is 2. The summed E-state index contributed by atoms with van der Waals surface area (Å²) in [6.07, 6.45) is 1.41. The Hall–Kier alpha value is -2.35. The van der Waals surface area contributed by atoms with Crippen molar-refractivity contribution in [1.82, 2.24) is 10.2 Å². The van der Waals surface area contributed by atoms with Gasteiger partial charge in [-0.3, -0.25) is 9.59 Å². The van der Waals surface area contributed by atoms with Crippen LogP contribution in [-0.4, -0.2) is 34.4 Å². The summed E-state index contributed by atoms with van der Waals surface area (Å²) in [6, 6.07) is 6.43. The first-order valence-electron chi connectivity index (χ1n) is 6.03. The highest BCUT2D eigenvalue weighted by Crippen LogP contribution is 2.21. The van der Waals surface area contributed by atoms with Gasteiger partial charge in [0.1, 0.15) is 10.3 Å². The van der Waals surface area contributed by atoms with Crippen molar-refractivity contribution >= 4 is 29.5 Å². The minimum Gasteiger partial charge on any atom is -0.468 e. The van der Waals surface area contributed by atoms with Gasteiger partial charge in [-0.05, 0) is 31.2 Å². The predicted octanol–water partition coefficient (Wildman–Crippen LogP) is 1.98. The Morgan fingerprint density at radius 1 is 1.33 bits per heavy atom. The van der Waals surface area contributed by atoms with E-state index in [-0.39, 0.29) is 17.0 Å². The number of furan rings is 1. The van der Waals surface area contributed by atoms with Crippen LogP contribution < -0.4 is 5.32 Å². The summed E-state index contributed by atoms with van der Waals surface area (Å²) in [7, 11) is 1.33. The fraction of sp³-hybridized carbons (Fsp3) is 0.231. The summed E-state index contributed by atoms with van der Waals surface area (Å²) in [4.78, 5) is 23.0. The van der Waals surface area contributed by atoms with Gasteiger partial charge in [0.2, 0.25) is 0 Å². The highest BCUT2D eigenvalue weighted by Gasteiger charge is 2.16. The third-order valence-corrected chi connectivity index (χ3v) is 3.46. The summed E-state index contributed by atoms with van der Waals surface area (Å²) >= 11 is 1.22. The molecule has 8 heteroatoms. The monoisotopic (exact) mass is 307 g/mol. The fourth-order valence-electron chi connectivity index (χ4n) is 1.43. The zero-order valence-electron chi connectivity index (χ0n) is 11.4. The smallest absolute Gasteiger partial charge is 0.318 e. The number of hydrogen-bond donors (Lipinski definition) is 1. The molecule has 2 rings (SSSR count). The average molecular weight is 307 g/mol. The van der Waals surface area contributed by atoms with Gasteiger partial charge in [-0.1, -0.05) is 11.8 Å². The fourth-order valence-corrected chi connectivity index (χ4v) is 2.22. The molecule has 0 saturated carbocycles. The van der Waals surface area contributed by atoms with Crippen molar-refractivity contribution in [3.05, 3.63) is 36.3 Å². The lowest BCUT2D eigenvalue weighted by molar-refractivity contribution is -0.139. The lowest BCUT2D eigenvalue weighted by Gasteiger charge is -2.07. The van der Waals surface area contributed by atoms with Gasteiger partial charge in [-0.15, -0.1) is 10.2 Å². The molecule has 0 spiro atoms. The maximum Gasteiger partial charge on any atom is 0.318 e. The maximum atomic E-state index is 11.7. The summed E-state index contributed by atoms with van der Waals surface area (Å²) < 4.78 is 9.59. The molecular formula is C13H13N3O4S. The van der Waals surface area contributed by atoms with E-state index in [1.807, 2.05) is 0 Å². The van der Waals surface area contributed by atoms with E-state index in [2.05, 4.69) is 20.3 Å². The van der Waals surface area contributed by atoms with E-state index in [4.69, 9.17) is 4.42 Å². The van der Waals surface area contributed by atoms with Crippen molar-refractivity contribution in [3.8, 4) is 0 Å². The van der Waals surface area contributed by atoms with E-state index in [1.54, 1.807) is 31.2 Å². The molecule has 0 aliphatic carbocycles. The van der Waals surface area contributed by atoms with Crippen LogP contribution in [0.5, 0.6) is 0 Å². The molecule has 2 aromatic rings. The van der Waals surface area contributed by atoms with Gasteiger partial charge in [0, 0.05) is 0 Å². The molecule has 1 unspecified atom stereocenters. The molecule has 0 saturated heterocycles. The van der Waals surface area contributed by atoms with Crippen molar-refractivity contribution in [2.45, 2.75) is 17.2 Å². The molecule has 1 N–H and O–H groups in total. The number of rotatable bonds is 5. The zero-order chi connectivity index (χ0) is 15.2. The van der Waals surface area contributed by atoms with Crippen LogP contribution in [0.2, 0.25) is 0 Å². The highest BCUT2D eigenvalue weighted by molar-refractivity contribution is 8.00. The van der Waals surface area contributed by atoms with E-state index in [1.165, 1.54) is 25.1 Å². The highest BCUT2D eigenvalue weighted by atomic mass is 32.2. The van der Waals surface area contributed by atoms with Crippen molar-refractivity contribution in [1.29, 1.82) is 0 Å². The summed E-state index contributed by atoms with van der Waals surface area (Å²) in [5.74, 6) is -0.254. The topological polar surface area (TPSA) is 94.3 Å². The molecule has 0 aromatic carbocycles. The molecule has 0 radical (unpaired) electrons. The second-order valence-corrected chi connectivity index (χ2v) is 5.33. The zero-order valence-corrected chi connectivity index (χ0v) is 12.2. The number of methoxy groups -OCH3 is 1. The Balaban J connectivity index is 1.96. The van der Waals surface area contributed by atoms with Crippen LogP contribution in [0.25, 0.3) is 0 Å². The number of anilines is 1. The van der Waals surface area contributed by atoms with Crippen LogP contribution in [0, 0.1) is 0 Å². The third-order valence-electron chi connectivity index (χ3n) is 2.46. The van der Waals surface area contributed by atoms with Crippen LogP contribution in [0.3, 0.4) is 0 Å². The standard InChI is InChI=1S/C13H13N3O4S/c1-8(13(18)19-2)21-11-6-5-10(15-16-11)14-12(17)9-4-3-7-20-9/h3-8H,1-2H3,(H,14,15,17). The Morgan fingerprint density at radius 3 is 2.71 bits per heavy atom. The third kappa shape index (κ3) is 4.06. The number of amides is 1. The average Bonchev–Trinajstić information content (AvgIpc) is 3.02. The predicted molar refractivity (Wildman–Crippen MR) is 76.0 cm³/mol. The SMILES string of the molecule is COC(=O)C(C)Sc1ccc(NC(=O)c2ccco2)nn1.